The van der Waals surface area contributed by atoms with Gasteiger partial charge in [-0.1, -0.05) is 12.1 Å². The van der Waals surface area contributed by atoms with Crippen LogP contribution in [0, 0.1) is 13.8 Å². The summed E-state index contributed by atoms with van der Waals surface area (Å²) in [6.07, 6.45) is -3.06. The zero-order valence-electron chi connectivity index (χ0n) is 21.5. The third kappa shape index (κ3) is 2.71. The highest BCUT2D eigenvalue weighted by Crippen LogP contribution is 2.64. The molecule has 3 aromatic rings. The SMILES string of the molecule is Cc1c2c(c(C)c3c1[C@H]1O[C@@H]3[C@@H]3OB(c4c(O)cccc4O)O[C@@H]31)C1OC2C2OB(c3c(O)cccc3O)OC12. The fourth-order valence-corrected chi connectivity index (χ4v) is 7.88. The van der Waals surface area contributed by atoms with Crippen LogP contribution in [0.2, 0.25) is 0 Å². The van der Waals surface area contributed by atoms with Gasteiger partial charge in [-0.2, -0.15) is 0 Å². The Balaban J connectivity index is 1.08. The van der Waals surface area contributed by atoms with E-state index in [-0.39, 0.29) is 58.3 Å². The maximum absolute atomic E-state index is 10.4. The van der Waals surface area contributed by atoms with Gasteiger partial charge >= 0.3 is 14.2 Å². The van der Waals surface area contributed by atoms with Crippen molar-refractivity contribution >= 4 is 25.2 Å². The van der Waals surface area contributed by atoms with Crippen LogP contribution in [0.4, 0.5) is 0 Å². The molecular weight excluding hydrogens is 518 g/mol. The standard InChI is InChI=1S/C28H24B2O10/c1-9-15-17(23-27-25(21(15)35-23)37-29(39-27)19-11(31)5-3-6-12(19)32)10(2)18-16(9)22-26-28(24(18)36-22)40-30(38-26)20-13(33)7-4-8-14(20)34/h3-8,21-28,31-34H,1-2H3/t21-,22?,23+,24?,25-,26?,27+,28?. The van der Waals surface area contributed by atoms with E-state index in [0.717, 1.165) is 33.4 Å². The van der Waals surface area contributed by atoms with Gasteiger partial charge in [0.25, 0.3) is 0 Å². The van der Waals surface area contributed by atoms with Crippen LogP contribution in [-0.2, 0) is 28.1 Å². The molecular formula is C28H24B2O10. The van der Waals surface area contributed by atoms with Crippen LogP contribution in [0.15, 0.2) is 36.4 Å². The highest BCUT2D eigenvalue weighted by molar-refractivity contribution is 6.64. The average Bonchev–Trinajstić information content (AvgIpc) is 3.73. The first kappa shape index (κ1) is 23.5. The van der Waals surface area contributed by atoms with Crippen molar-refractivity contribution in [2.24, 2.45) is 0 Å². The second kappa shape index (κ2) is 7.73. The minimum Gasteiger partial charge on any atom is -0.508 e. The van der Waals surface area contributed by atoms with Gasteiger partial charge in [-0.25, -0.2) is 0 Å². The van der Waals surface area contributed by atoms with Crippen molar-refractivity contribution in [2.75, 3.05) is 0 Å². The quantitative estimate of drug-likeness (QED) is 0.355. The molecule has 0 spiro atoms. The summed E-state index contributed by atoms with van der Waals surface area (Å²) in [5, 5.41) is 41.5. The van der Waals surface area contributed by atoms with Crippen molar-refractivity contribution < 1.29 is 48.5 Å². The van der Waals surface area contributed by atoms with Gasteiger partial charge in [0.15, 0.2) is 0 Å². The Kier molecular flexibility index (Phi) is 4.53. The van der Waals surface area contributed by atoms with Gasteiger partial charge in [-0.05, 0) is 71.5 Å². The van der Waals surface area contributed by atoms with Crippen LogP contribution in [0.5, 0.6) is 23.0 Å². The van der Waals surface area contributed by atoms with E-state index in [4.69, 9.17) is 28.1 Å². The third-order valence-corrected chi connectivity index (χ3v) is 9.48. The van der Waals surface area contributed by atoms with E-state index in [1.807, 2.05) is 0 Å². The minimum atomic E-state index is -0.907. The predicted molar refractivity (Wildman–Crippen MR) is 139 cm³/mol. The molecule has 40 heavy (non-hydrogen) atoms. The number of hydrogen-bond acceptors (Lipinski definition) is 10. The summed E-state index contributed by atoms with van der Waals surface area (Å²) in [4.78, 5) is 0. The van der Waals surface area contributed by atoms with Gasteiger partial charge in [0.2, 0.25) is 0 Å². The van der Waals surface area contributed by atoms with Crippen LogP contribution in [0.25, 0.3) is 0 Å². The fraction of sp³-hybridized carbons (Fsp3) is 0.357. The van der Waals surface area contributed by atoms with Gasteiger partial charge in [0.05, 0.1) is 10.9 Å². The molecule has 0 saturated carbocycles. The van der Waals surface area contributed by atoms with E-state index in [0.29, 0.717) is 0 Å². The van der Waals surface area contributed by atoms with Crippen LogP contribution in [-0.4, -0.2) is 59.1 Å². The fourth-order valence-electron chi connectivity index (χ4n) is 7.88. The van der Waals surface area contributed by atoms with Crippen molar-refractivity contribution in [3.8, 4) is 23.0 Å². The molecule has 6 aliphatic heterocycles. The average molecular weight is 542 g/mol. The molecule has 202 valence electrons. The molecule has 0 aliphatic carbocycles. The molecule has 4 unspecified atom stereocenters. The van der Waals surface area contributed by atoms with Crippen molar-refractivity contribution in [3.63, 3.8) is 0 Å². The molecule has 12 heteroatoms. The Morgan fingerprint density at radius 1 is 0.500 bits per heavy atom. The zero-order chi connectivity index (χ0) is 27.2. The normalized spacial score (nSPS) is 34.0. The Morgan fingerprint density at radius 2 is 0.775 bits per heavy atom. The van der Waals surface area contributed by atoms with E-state index in [1.165, 1.54) is 24.3 Å². The summed E-state index contributed by atoms with van der Waals surface area (Å²) in [5.41, 5.74) is 6.81. The zero-order valence-corrected chi connectivity index (χ0v) is 21.5. The summed E-state index contributed by atoms with van der Waals surface area (Å²) < 4.78 is 38.0. The third-order valence-electron chi connectivity index (χ3n) is 9.48. The number of aromatic hydroxyl groups is 4. The lowest BCUT2D eigenvalue weighted by molar-refractivity contribution is 0.0169. The van der Waals surface area contributed by atoms with Crippen LogP contribution in [0.1, 0.15) is 57.8 Å². The number of phenols is 4. The second-order valence-electron chi connectivity index (χ2n) is 11.3. The van der Waals surface area contributed by atoms with E-state index >= 15 is 0 Å². The summed E-state index contributed by atoms with van der Waals surface area (Å²) >= 11 is 0. The lowest BCUT2D eigenvalue weighted by atomic mass is 9.74. The van der Waals surface area contributed by atoms with Gasteiger partial charge in [-0.3, -0.25) is 0 Å². The van der Waals surface area contributed by atoms with Gasteiger partial charge in [-0.15, -0.1) is 0 Å². The Morgan fingerprint density at radius 3 is 1.05 bits per heavy atom. The number of rotatable bonds is 2. The Hall–Kier alpha value is -3.25. The molecule has 6 heterocycles. The first-order chi connectivity index (χ1) is 19.3. The summed E-state index contributed by atoms with van der Waals surface area (Å²) in [7, 11) is -1.81. The van der Waals surface area contributed by atoms with Crippen molar-refractivity contribution in [2.45, 2.75) is 62.7 Å². The molecule has 0 aromatic heterocycles. The molecule has 4 fully saturated rings. The number of hydrogen-bond donors (Lipinski definition) is 4. The molecule has 0 amide bonds. The van der Waals surface area contributed by atoms with Crippen molar-refractivity contribution in [1.29, 1.82) is 0 Å². The van der Waals surface area contributed by atoms with E-state index in [1.54, 1.807) is 12.1 Å². The molecule has 0 radical (unpaired) electrons. The number of fused-ring (bicyclic) bond motifs is 16. The molecule has 4 N–H and O–H groups in total. The van der Waals surface area contributed by atoms with Crippen molar-refractivity contribution in [3.05, 3.63) is 69.8 Å². The minimum absolute atomic E-state index is 0.0854. The van der Waals surface area contributed by atoms with Crippen molar-refractivity contribution in [1.82, 2.24) is 0 Å². The highest BCUT2D eigenvalue weighted by atomic mass is 16.7. The topological polar surface area (TPSA) is 136 Å². The first-order valence-corrected chi connectivity index (χ1v) is 13.4. The second-order valence-corrected chi connectivity index (χ2v) is 11.3. The molecule has 6 aliphatic rings. The molecule has 8 atom stereocenters. The molecule has 4 saturated heterocycles. The van der Waals surface area contributed by atoms with Gasteiger partial charge in [0, 0.05) is 0 Å². The smallest absolute Gasteiger partial charge is 0.502 e. The molecule has 3 aromatic carbocycles. The van der Waals surface area contributed by atoms with E-state index in [2.05, 4.69) is 13.8 Å². The first-order valence-electron chi connectivity index (χ1n) is 13.4. The van der Waals surface area contributed by atoms with Gasteiger partial charge in [0.1, 0.15) is 71.8 Å². The highest BCUT2D eigenvalue weighted by Gasteiger charge is 2.65. The lowest BCUT2D eigenvalue weighted by Gasteiger charge is -2.31. The van der Waals surface area contributed by atoms with Crippen LogP contribution < -0.4 is 10.9 Å². The predicted octanol–water partition coefficient (Wildman–Crippen LogP) is 1.74. The summed E-state index contributed by atoms with van der Waals surface area (Å²) in [6, 6.07) is 9.11. The lowest BCUT2D eigenvalue weighted by Crippen LogP contribution is -2.34. The molecule has 10 nitrogen and oxygen atoms in total. The Bertz CT molecular complexity index is 1410. The maximum Gasteiger partial charge on any atom is 0.502 e. The monoisotopic (exact) mass is 542 g/mol. The Labute approximate surface area is 229 Å². The van der Waals surface area contributed by atoms with Crippen LogP contribution >= 0.6 is 0 Å². The summed E-state index contributed by atoms with van der Waals surface area (Å²) in [5.74, 6) is -0.341. The number of ether oxygens (including phenoxy) is 2. The maximum atomic E-state index is 10.4. The van der Waals surface area contributed by atoms with Crippen LogP contribution in [0.3, 0.4) is 0 Å². The molecule has 9 rings (SSSR count). The number of benzene rings is 3. The largest absolute Gasteiger partial charge is 0.508 e. The van der Waals surface area contributed by atoms with Gasteiger partial charge < -0.3 is 48.5 Å². The number of phenolic OH excluding ortho intramolecular Hbond substituents is 4. The molecule has 4 bridgehead atoms. The van der Waals surface area contributed by atoms with E-state index in [9.17, 15) is 20.4 Å². The summed E-state index contributed by atoms with van der Waals surface area (Å²) in [6.45, 7) is 4.14. The van der Waals surface area contributed by atoms with E-state index < -0.39 is 38.7 Å².